The SMILES string of the molecule is C=Nc1cn2ccnc2o1. The third kappa shape index (κ3) is 0.556. The van der Waals surface area contributed by atoms with Gasteiger partial charge in [-0.05, 0) is 6.72 Å². The third-order valence-corrected chi connectivity index (χ3v) is 1.23. The van der Waals surface area contributed by atoms with E-state index in [-0.39, 0.29) is 0 Å². The van der Waals surface area contributed by atoms with Crippen LogP contribution in [0.3, 0.4) is 0 Å². The lowest BCUT2D eigenvalue weighted by atomic mass is 10.8. The van der Waals surface area contributed by atoms with Crippen LogP contribution < -0.4 is 0 Å². The molecule has 0 bridgehead atoms. The molecule has 2 aromatic heterocycles. The Morgan fingerprint density at radius 1 is 1.70 bits per heavy atom. The van der Waals surface area contributed by atoms with Crippen LogP contribution in [-0.2, 0) is 0 Å². The lowest BCUT2D eigenvalue weighted by molar-refractivity contribution is 0.606. The number of aliphatic imine (C=N–C) groups is 1. The molecule has 2 aromatic rings. The molecule has 2 heterocycles. The molecule has 0 saturated carbocycles. The Morgan fingerprint density at radius 2 is 2.60 bits per heavy atom. The minimum atomic E-state index is 0.489. The van der Waals surface area contributed by atoms with Gasteiger partial charge in [0.1, 0.15) is 0 Å². The van der Waals surface area contributed by atoms with Crippen molar-refractivity contribution in [1.82, 2.24) is 9.38 Å². The van der Waals surface area contributed by atoms with Gasteiger partial charge in [-0.25, -0.2) is 9.98 Å². The number of hydrogen-bond donors (Lipinski definition) is 0. The largest absolute Gasteiger partial charge is 0.405 e. The van der Waals surface area contributed by atoms with Crippen LogP contribution in [0.1, 0.15) is 0 Å². The summed E-state index contributed by atoms with van der Waals surface area (Å²) in [7, 11) is 0. The van der Waals surface area contributed by atoms with Crippen molar-refractivity contribution in [3.63, 3.8) is 0 Å². The fraction of sp³-hybridized carbons (Fsp3) is 0. The number of fused-ring (bicyclic) bond motifs is 1. The van der Waals surface area contributed by atoms with Crippen LogP contribution in [0, 0.1) is 0 Å². The van der Waals surface area contributed by atoms with Gasteiger partial charge in [0, 0.05) is 12.4 Å². The molecule has 0 N–H and O–H groups in total. The summed E-state index contributed by atoms with van der Waals surface area (Å²) in [6.45, 7) is 3.32. The summed E-state index contributed by atoms with van der Waals surface area (Å²) in [5, 5.41) is 0. The average molecular weight is 135 g/mol. The van der Waals surface area contributed by atoms with Crippen LogP contribution in [0.5, 0.6) is 0 Å². The quantitative estimate of drug-likeness (QED) is 0.552. The summed E-state index contributed by atoms with van der Waals surface area (Å²) in [5.74, 6) is 1.03. The molecule has 0 radical (unpaired) electrons. The Hall–Kier alpha value is -1.58. The van der Waals surface area contributed by atoms with Crippen molar-refractivity contribution in [2.45, 2.75) is 0 Å². The maximum atomic E-state index is 5.08. The first-order valence-corrected chi connectivity index (χ1v) is 2.79. The highest BCUT2D eigenvalue weighted by Gasteiger charge is 1.99. The van der Waals surface area contributed by atoms with Gasteiger partial charge in [-0.15, -0.1) is 0 Å². The summed E-state index contributed by atoms with van der Waals surface area (Å²) < 4.78 is 6.82. The first-order chi connectivity index (χ1) is 4.90. The predicted octanol–water partition coefficient (Wildman–Crippen LogP) is 1.26. The van der Waals surface area contributed by atoms with Crippen molar-refractivity contribution in [2.24, 2.45) is 4.99 Å². The standard InChI is InChI=1S/C6H5N3O/c1-7-5-4-9-3-2-8-6(9)10-5/h2-4H,1H2. The molecule has 0 aromatic carbocycles. The minimum Gasteiger partial charge on any atom is -0.405 e. The van der Waals surface area contributed by atoms with Crippen LogP contribution in [0.4, 0.5) is 5.88 Å². The van der Waals surface area contributed by atoms with Gasteiger partial charge in [0.05, 0.1) is 6.20 Å². The molecule has 0 aliphatic heterocycles. The summed E-state index contributed by atoms with van der Waals surface area (Å²) in [4.78, 5) is 7.50. The van der Waals surface area contributed by atoms with Gasteiger partial charge in [0.25, 0.3) is 0 Å². The summed E-state index contributed by atoms with van der Waals surface area (Å²) in [6, 6.07) is 0. The zero-order valence-electron chi connectivity index (χ0n) is 5.19. The van der Waals surface area contributed by atoms with Gasteiger partial charge in [-0.3, -0.25) is 4.40 Å². The number of rotatable bonds is 1. The van der Waals surface area contributed by atoms with E-state index in [1.807, 2.05) is 0 Å². The summed E-state index contributed by atoms with van der Waals surface area (Å²) in [6.07, 6.45) is 5.16. The molecule has 50 valence electrons. The van der Waals surface area contributed by atoms with Gasteiger partial charge < -0.3 is 4.42 Å². The summed E-state index contributed by atoms with van der Waals surface area (Å²) >= 11 is 0. The smallest absolute Gasteiger partial charge is 0.307 e. The molecule has 0 saturated heterocycles. The number of aromatic nitrogens is 2. The first kappa shape index (κ1) is 5.22. The first-order valence-electron chi connectivity index (χ1n) is 2.79. The second kappa shape index (κ2) is 1.70. The van der Waals surface area contributed by atoms with E-state index in [9.17, 15) is 0 Å². The zero-order chi connectivity index (χ0) is 6.97. The average Bonchev–Trinajstić information content (AvgIpc) is 2.42. The lowest BCUT2D eigenvalue weighted by Gasteiger charge is -1.73. The highest BCUT2D eigenvalue weighted by molar-refractivity contribution is 5.40. The van der Waals surface area contributed by atoms with Crippen LogP contribution in [0.2, 0.25) is 0 Å². The zero-order valence-corrected chi connectivity index (χ0v) is 5.19. The predicted molar refractivity (Wildman–Crippen MR) is 36.7 cm³/mol. The fourth-order valence-corrected chi connectivity index (χ4v) is 0.789. The maximum absolute atomic E-state index is 5.08. The molecule has 0 aliphatic rings. The second-order valence-corrected chi connectivity index (χ2v) is 1.84. The second-order valence-electron chi connectivity index (χ2n) is 1.84. The third-order valence-electron chi connectivity index (χ3n) is 1.23. The van der Waals surface area contributed by atoms with Crippen molar-refractivity contribution in [3.8, 4) is 0 Å². The molecule has 0 amide bonds. The van der Waals surface area contributed by atoms with E-state index in [0.717, 1.165) is 0 Å². The van der Waals surface area contributed by atoms with Gasteiger partial charge in [-0.2, -0.15) is 0 Å². The van der Waals surface area contributed by atoms with Crippen molar-refractivity contribution in [2.75, 3.05) is 0 Å². The molecule has 10 heavy (non-hydrogen) atoms. The Bertz CT molecular complexity index is 331. The van der Waals surface area contributed by atoms with Gasteiger partial charge >= 0.3 is 5.84 Å². The van der Waals surface area contributed by atoms with Crippen molar-refractivity contribution in [3.05, 3.63) is 18.6 Å². The number of imidazole rings is 1. The van der Waals surface area contributed by atoms with Gasteiger partial charge in [-0.1, -0.05) is 0 Å². The van der Waals surface area contributed by atoms with E-state index < -0.39 is 0 Å². The van der Waals surface area contributed by atoms with Crippen LogP contribution in [0.25, 0.3) is 5.84 Å². The number of oxazole rings is 1. The van der Waals surface area contributed by atoms with E-state index in [1.165, 1.54) is 0 Å². The van der Waals surface area contributed by atoms with E-state index in [0.29, 0.717) is 11.7 Å². The Balaban J connectivity index is 2.78. The van der Waals surface area contributed by atoms with Crippen molar-refractivity contribution in [1.29, 1.82) is 0 Å². The van der Waals surface area contributed by atoms with E-state index in [1.54, 1.807) is 23.0 Å². The van der Waals surface area contributed by atoms with E-state index in [2.05, 4.69) is 16.7 Å². The summed E-state index contributed by atoms with van der Waals surface area (Å²) in [5.41, 5.74) is 0. The van der Waals surface area contributed by atoms with Gasteiger partial charge in [0.15, 0.2) is 0 Å². The van der Waals surface area contributed by atoms with Gasteiger partial charge in [0.2, 0.25) is 5.88 Å². The van der Waals surface area contributed by atoms with Crippen LogP contribution >= 0.6 is 0 Å². The number of nitrogens with zero attached hydrogens (tertiary/aromatic N) is 3. The topological polar surface area (TPSA) is 42.8 Å². The monoisotopic (exact) mass is 135 g/mol. The molecule has 0 atom stereocenters. The van der Waals surface area contributed by atoms with E-state index >= 15 is 0 Å². The lowest BCUT2D eigenvalue weighted by Crippen LogP contribution is -1.67. The molecule has 4 heteroatoms. The number of hydrogen-bond acceptors (Lipinski definition) is 3. The van der Waals surface area contributed by atoms with E-state index in [4.69, 9.17) is 4.42 Å². The maximum Gasteiger partial charge on any atom is 0.307 e. The van der Waals surface area contributed by atoms with Crippen molar-refractivity contribution >= 4 is 18.4 Å². The molecular formula is C6H5N3O. The highest BCUT2D eigenvalue weighted by atomic mass is 16.4. The fourth-order valence-electron chi connectivity index (χ4n) is 0.789. The highest BCUT2D eigenvalue weighted by Crippen LogP contribution is 2.14. The molecular weight excluding hydrogens is 130 g/mol. The molecule has 0 fully saturated rings. The van der Waals surface area contributed by atoms with Crippen LogP contribution in [-0.4, -0.2) is 16.1 Å². The molecule has 2 rings (SSSR count). The molecule has 0 aliphatic carbocycles. The normalized spacial score (nSPS) is 10.4. The minimum absolute atomic E-state index is 0.489. The molecule has 0 unspecified atom stereocenters. The molecule has 0 spiro atoms. The Labute approximate surface area is 56.8 Å². The molecule has 4 nitrogen and oxygen atoms in total. The Kier molecular flexibility index (Phi) is 0.887. The van der Waals surface area contributed by atoms with Crippen LogP contribution in [0.15, 0.2) is 28.0 Å². The van der Waals surface area contributed by atoms with Crippen molar-refractivity contribution < 1.29 is 4.42 Å². The Morgan fingerprint density at radius 3 is 3.30 bits per heavy atom.